The molecule has 2 aromatic carbocycles. The molecule has 0 aromatic heterocycles. The molecule has 1 atom stereocenters. The van der Waals surface area contributed by atoms with Gasteiger partial charge in [0.1, 0.15) is 0 Å². The minimum Gasteiger partial charge on any atom is -0.452 e. The minimum atomic E-state index is -0.612. The second-order valence-electron chi connectivity index (χ2n) is 8.67. The van der Waals surface area contributed by atoms with E-state index in [2.05, 4.69) is 31.4 Å². The maximum absolute atomic E-state index is 12.2. The highest BCUT2D eigenvalue weighted by atomic mass is 16.5. The Balaban J connectivity index is 1.48. The number of ether oxygens (including phenoxy) is 1. The summed E-state index contributed by atoms with van der Waals surface area (Å²) in [7, 11) is 0. The van der Waals surface area contributed by atoms with E-state index >= 15 is 0 Å². The number of imide groups is 1. The molecule has 1 aliphatic rings. The SMILES string of the molecule is CC(C)(C)c1ccc(NC(=O)COC(=O)c2ccc(CC3CC(=O)NC3=O)cc2)cc1. The standard InChI is InChI=1S/C24H26N2O5/c1-24(2,3)18-8-10-19(11-9-18)25-21(28)14-31-23(30)16-6-4-15(5-7-16)12-17-13-20(27)26-22(17)29/h4-11,17H,12-14H2,1-3H3,(H,25,28)(H,26,27,29). The van der Waals surface area contributed by atoms with E-state index in [1.54, 1.807) is 24.3 Å². The van der Waals surface area contributed by atoms with Gasteiger partial charge in [0, 0.05) is 12.1 Å². The zero-order valence-corrected chi connectivity index (χ0v) is 17.9. The van der Waals surface area contributed by atoms with Crippen molar-refractivity contribution in [3.8, 4) is 0 Å². The lowest BCUT2D eigenvalue weighted by Gasteiger charge is -2.19. The zero-order chi connectivity index (χ0) is 22.6. The Bertz CT molecular complexity index is 988. The number of anilines is 1. The Hall–Kier alpha value is -3.48. The van der Waals surface area contributed by atoms with Gasteiger partial charge >= 0.3 is 5.97 Å². The van der Waals surface area contributed by atoms with E-state index in [0.717, 1.165) is 11.1 Å². The number of amides is 3. The molecule has 7 nitrogen and oxygen atoms in total. The van der Waals surface area contributed by atoms with Crippen molar-refractivity contribution < 1.29 is 23.9 Å². The first-order chi connectivity index (χ1) is 14.6. The fraction of sp³-hybridized carbons (Fsp3) is 0.333. The second-order valence-corrected chi connectivity index (χ2v) is 8.67. The van der Waals surface area contributed by atoms with Gasteiger partial charge in [0.05, 0.1) is 11.5 Å². The Morgan fingerprint density at radius 2 is 1.68 bits per heavy atom. The van der Waals surface area contributed by atoms with Crippen molar-refractivity contribution in [3.63, 3.8) is 0 Å². The first-order valence-corrected chi connectivity index (χ1v) is 10.1. The van der Waals surface area contributed by atoms with Crippen molar-refractivity contribution >= 4 is 29.4 Å². The van der Waals surface area contributed by atoms with Gasteiger partial charge in [-0.15, -0.1) is 0 Å². The van der Waals surface area contributed by atoms with Crippen LogP contribution < -0.4 is 10.6 Å². The highest BCUT2D eigenvalue weighted by molar-refractivity contribution is 6.03. The maximum Gasteiger partial charge on any atom is 0.338 e. The van der Waals surface area contributed by atoms with Gasteiger partial charge < -0.3 is 10.1 Å². The summed E-state index contributed by atoms with van der Waals surface area (Å²) < 4.78 is 5.08. The predicted octanol–water partition coefficient (Wildman–Crippen LogP) is 2.98. The molecule has 0 bridgehead atoms. The summed E-state index contributed by atoms with van der Waals surface area (Å²) in [5, 5.41) is 4.98. The van der Waals surface area contributed by atoms with Crippen LogP contribution in [0.2, 0.25) is 0 Å². The van der Waals surface area contributed by atoms with Crippen LogP contribution in [-0.4, -0.2) is 30.3 Å². The molecule has 1 heterocycles. The predicted molar refractivity (Wildman–Crippen MR) is 115 cm³/mol. The fourth-order valence-corrected chi connectivity index (χ4v) is 3.30. The zero-order valence-electron chi connectivity index (χ0n) is 17.9. The number of carbonyl (C=O) groups is 4. The molecule has 1 unspecified atom stereocenters. The van der Waals surface area contributed by atoms with Gasteiger partial charge in [-0.05, 0) is 47.2 Å². The lowest BCUT2D eigenvalue weighted by atomic mass is 9.87. The third-order valence-electron chi connectivity index (χ3n) is 5.11. The molecule has 1 saturated heterocycles. The third kappa shape index (κ3) is 6.01. The first kappa shape index (κ1) is 22.2. The molecule has 2 aromatic rings. The Morgan fingerprint density at radius 3 is 2.23 bits per heavy atom. The molecular weight excluding hydrogens is 396 g/mol. The van der Waals surface area contributed by atoms with E-state index in [9.17, 15) is 19.2 Å². The van der Waals surface area contributed by atoms with Crippen LogP contribution in [-0.2, 0) is 31.0 Å². The van der Waals surface area contributed by atoms with Gasteiger partial charge in [-0.1, -0.05) is 45.0 Å². The summed E-state index contributed by atoms with van der Waals surface area (Å²) >= 11 is 0. The summed E-state index contributed by atoms with van der Waals surface area (Å²) in [6, 6.07) is 14.1. The van der Waals surface area contributed by atoms with Crippen molar-refractivity contribution in [2.24, 2.45) is 5.92 Å². The normalized spacial score (nSPS) is 16.0. The Morgan fingerprint density at radius 1 is 1.03 bits per heavy atom. The van der Waals surface area contributed by atoms with E-state index in [1.807, 2.05) is 24.3 Å². The summed E-state index contributed by atoms with van der Waals surface area (Å²) in [6.07, 6.45) is 0.597. The molecule has 0 radical (unpaired) electrons. The number of esters is 1. The van der Waals surface area contributed by atoms with E-state index in [1.165, 1.54) is 0 Å². The van der Waals surface area contributed by atoms with Crippen LogP contribution in [0.1, 0.15) is 48.7 Å². The number of hydrogen-bond donors (Lipinski definition) is 2. The average Bonchev–Trinajstić information content (AvgIpc) is 3.03. The van der Waals surface area contributed by atoms with Crippen LogP contribution in [0.4, 0.5) is 5.69 Å². The minimum absolute atomic E-state index is 0.0224. The molecular formula is C24H26N2O5. The van der Waals surface area contributed by atoms with Crippen LogP contribution in [0.3, 0.4) is 0 Å². The van der Waals surface area contributed by atoms with E-state index < -0.39 is 18.5 Å². The number of nitrogens with one attached hydrogen (secondary N) is 2. The molecule has 31 heavy (non-hydrogen) atoms. The molecule has 2 N–H and O–H groups in total. The molecule has 7 heteroatoms. The smallest absolute Gasteiger partial charge is 0.338 e. The third-order valence-corrected chi connectivity index (χ3v) is 5.11. The van der Waals surface area contributed by atoms with Crippen molar-refractivity contribution in [1.82, 2.24) is 5.32 Å². The van der Waals surface area contributed by atoms with Gasteiger partial charge in [0.15, 0.2) is 6.61 Å². The summed E-state index contributed by atoms with van der Waals surface area (Å²) in [4.78, 5) is 47.2. The highest BCUT2D eigenvalue weighted by Crippen LogP contribution is 2.23. The highest BCUT2D eigenvalue weighted by Gasteiger charge is 2.30. The molecule has 0 spiro atoms. The molecule has 162 valence electrons. The topological polar surface area (TPSA) is 102 Å². The van der Waals surface area contributed by atoms with Crippen LogP contribution in [0.25, 0.3) is 0 Å². The van der Waals surface area contributed by atoms with Crippen LogP contribution >= 0.6 is 0 Å². The van der Waals surface area contributed by atoms with Crippen molar-refractivity contribution in [1.29, 1.82) is 0 Å². The fourth-order valence-electron chi connectivity index (χ4n) is 3.30. The van der Waals surface area contributed by atoms with Crippen molar-refractivity contribution in [2.45, 2.75) is 39.0 Å². The van der Waals surface area contributed by atoms with Crippen molar-refractivity contribution in [2.75, 3.05) is 11.9 Å². The number of benzene rings is 2. The Labute approximate surface area is 181 Å². The maximum atomic E-state index is 12.2. The van der Waals surface area contributed by atoms with Crippen molar-refractivity contribution in [3.05, 3.63) is 65.2 Å². The van der Waals surface area contributed by atoms with Gasteiger partial charge in [-0.3, -0.25) is 19.7 Å². The average molecular weight is 422 g/mol. The number of rotatable bonds is 6. The molecule has 1 aliphatic heterocycles. The van der Waals surface area contributed by atoms with E-state index in [-0.39, 0.29) is 29.6 Å². The Kier molecular flexibility index (Phi) is 6.53. The summed E-state index contributed by atoms with van der Waals surface area (Å²) in [6.45, 7) is 5.93. The molecule has 0 aliphatic carbocycles. The van der Waals surface area contributed by atoms with Gasteiger partial charge in [-0.25, -0.2) is 4.79 Å². The lowest BCUT2D eigenvalue weighted by Crippen LogP contribution is -2.23. The molecule has 0 saturated carbocycles. The first-order valence-electron chi connectivity index (χ1n) is 10.1. The van der Waals surface area contributed by atoms with Gasteiger partial charge in [0.25, 0.3) is 5.91 Å². The lowest BCUT2D eigenvalue weighted by molar-refractivity contribution is -0.125. The van der Waals surface area contributed by atoms with Crippen LogP contribution in [0.5, 0.6) is 0 Å². The molecule has 1 fully saturated rings. The second kappa shape index (κ2) is 9.12. The quantitative estimate of drug-likeness (QED) is 0.550. The summed E-state index contributed by atoms with van der Waals surface area (Å²) in [5.41, 5.74) is 2.95. The van der Waals surface area contributed by atoms with E-state index in [4.69, 9.17) is 4.74 Å². The molecule has 3 rings (SSSR count). The summed E-state index contributed by atoms with van der Waals surface area (Å²) in [5.74, 6) is -1.96. The number of carbonyl (C=O) groups excluding carboxylic acids is 4. The van der Waals surface area contributed by atoms with Crippen LogP contribution in [0, 0.1) is 5.92 Å². The number of hydrogen-bond acceptors (Lipinski definition) is 5. The largest absolute Gasteiger partial charge is 0.452 e. The molecule has 3 amide bonds. The van der Waals surface area contributed by atoms with Crippen LogP contribution in [0.15, 0.2) is 48.5 Å². The van der Waals surface area contributed by atoms with Gasteiger partial charge in [-0.2, -0.15) is 0 Å². The van der Waals surface area contributed by atoms with Gasteiger partial charge in [0.2, 0.25) is 11.8 Å². The van der Waals surface area contributed by atoms with E-state index in [0.29, 0.717) is 17.7 Å². The monoisotopic (exact) mass is 422 g/mol.